The predicted octanol–water partition coefficient (Wildman–Crippen LogP) is 2.87. The maximum atomic E-state index is 12.7. The minimum Gasteiger partial charge on any atom is -0.445 e. The van der Waals surface area contributed by atoms with Crippen LogP contribution in [0.3, 0.4) is 0 Å². The van der Waals surface area contributed by atoms with Crippen molar-refractivity contribution in [3.05, 3.63) is 12.7 Å². The third-order valence-electron chi connectivity index (χ3n) is 6.18. The molecule has 0 saturated carbocycles. The number of carbonyl (C=O) groups is 3. The number of β-lactam (4-membered cyclic amide) rings is 1. The smallest absolute Gasteiger partial charge is 0.410 e. The second-order valence-corrected chi connectivity index (χ2v) is 14.0. The quantitative estimate of drug-likeness (QED) is 0.413. The van der Waals surface area contributed by atoms with E-state index in [1.165, 1.54) is 11.0 Å². The molecule has 0 radical (unpaired) electrons. The van der Waals surface area contributed by atoms with Crippen molar-refractivity contribution in [3.8, 4) is 0 Å². The Morgan fingerprint density at radius 1 is 1.39 bits per heavy atom. The van der Waals surface area contributed by atoms with Gasteiger partial charge in [0.15, 0.2) is 14.1 Å². The summed E-state index contributed by atoms with van der Waals surface area (Å²) in [6.07, 6.45) is 1.60. The van der Waals surface area contributed by atoms with Crippen molar-refractivity contribution in [1.82, 2.24) is 10.2 Å². The van der Waals surface area contributed by atoms with Gasteiger partial charge in [-0.15, -0.1) is 0 Å². The average molecular weight is 411 g/mol. The highest BCUT2D eigenvalue weighted by Gasteiger charge is 2.54. The number of carbonyl (C=O) groups excluding carboxylic acids is 3. The molecular formula is C20H34N2O5Si. The van der Waals surface area contributed by atoms with Crippen molar-refractivity contribution in [2.24, 2.45) is 5.92 Å². The van der Waals surface area contributed by atoms with Crippen LogP contribution in [0, 0.1) is 5.92 Å². The van der Waals surface area contributed by atoms with Gasteiger partial charge in [0.2, 0.25) is 5.91 Å². The van der Waals surface area contributed by atoms with E-state index >= 15 is 0 Å². The van der Waals surface area contributed by atoms with Crippen LogP contribution in [0.15, 0.2) is 12.7 Å². The molecule has 2 amide bonds. The van der Waals surface area contributed by atoms with Crippen LogP contribution in [0.25, 0.3) is 0 Å². The number of ketones is 1. The van der Waals surface area contributed by atoms with Crippen molar-refractivity contribution in [1.29, 1.82) is 0 Å². The zero-order valence-electron chi connectivity index (χ0n) is 17.9. The number of ether oxygens (including phenoxy) is 1. The van der Waals surface area contributed by atoms with E-state index in [0.29, 0.717) is 19.4 Å². The lowest BCUT2D eigenvalue weighted by Gasteiger charge is -2.50. The summed E-state index contributed by atoms with van der Waals surface area (Å²) in [6, 6.07) is -1.16. The van der Waals surface area contributed by atoms with E-state index < -0.39 is 32.4 Å². The molecule has 28 heavy (non-hydrogen) atoms. The van der Waals surface area contributed by atoms with Gasteiger partial charge in [-0.05, 0) is 31.5 Å². The number of hydrogen-bond donors (Lipinski definition) is 1. The zero-order valence-corrected chi connectivity index (χ0v) is 18.9. The second kappa shape index (κ2) is 8.37. The summed E-state index contributed by atoms with van der Waals surface area (Å²) in [4.78, 5) is 39.0. The van der Waals surface area contributed by atoms with Crippen LogP contribution < -0.4 is 5.32 Å². The largest absolute Gasteiger partial charge is 0.445 e. The Hall–Kier alpha value is -1.67. The lowest BCUT2D eigenvalue weighted by atomic mass is 9.78. The molecule has 0 spiro atoms. The summed E-state index contributed by atoms with van der Waals surface area (Å²) < 4.78 is 11.6. The summed E-state index contributed by atoms with van der Waals surface area (Å²) in [5.41, 5.74) is 0. The fourth-order valence-electron chi connectivity index (χ4n) is 3.61. The minimum absolute atomic E-state index is 0.0121. The number of amides is 2. The van der Waals surface area contributed by atoms with E-state index in [2.05, 4.69) is 45.8 Å². The first-order chi connectivity index (χ1) is 12.9. The van der Waals surface area contributed by atoms with E-state index in [-0.39, 0.29) is 29.4 Å². The summed E-state index contributed by atoms with van der Waals surface area (Å²) >= 11 is 0. The first kappa shape index (κ1) is 22.6. The van der Waals surface area contributed by atoms with Crippen LogP contribution in [-0.2, 0) is 18.8 Å². The van der Waals surface area contributed by atoms with E-state index in [1.807, 2.05) is 6.92 Å². The van der Waals surface area contributed by atoms with Gasteiger partial charge in [-0.25, -0.2) is 4.79 Å². The molecular weight excluding hydrogens is 376 g/mol. The van der Waals surface area contributed by atoms with Gasteiger partial charge < -0.3 is 14.5 Å². The molecule has 2 aliphatic rings. The van der Waals surface area contributed by atoms with Crippen LogP contribution in [0.4, 0.5) is 4.79 Å². The molecule has 2 aliphatic heterocycles. The molecule has 0 aromatic heterocycles. The van der Waals surface area contributed by atoms with Crippen LogP contribution in [-0.4, -0.2) is 62.3 Å². The Morgan fingerprint density at radius 2 is 2.04 bits per heavy atom. The zero-order chi connectivity index (χ0) is 21.3. The first-order valence-electron chi connectivity index (χ1n) is 9.96. The molecule has 0 aromatic rings. The highest BCUT2D eigenvalue weighted by Crippen LogP contribution is 2.39. The number of Topliss-reactive ketones (excluding diaryl/α,β-unsaturated/α-hetero) is 1. The lowest BCUT2D eigenvalue weighted by molar-refractivity contribution is -0.146. The Bertz CT molecular complexity index is 643. The van der Waals surface area contributed by atoms with E-state index in [0.717, 1.165) is 0 Å². The van der Waals surface area contributed by atoms with Crippen molar-refractivity contribution in [3.63, 3.8) is 0 Å². The van der Waals surface area contributed by atoms with Gasteiger partial charge in [0, 0.05) is 13.0 Å². The van der Waals surface area contributed by atoms with Crippen molar-refractivity contribution in [2.75, 3.05) is 13.2 Å². The van der Waals surface area contributed by atoms with Gasteiger partial charge in [0.1, 0.15) is 12.6 Å². The summed E-state index contributed by atoms with van der Waals surface area (Å²) in [5, 5.41) is 2.86. The maximum absolute atomic E-state index is 12.7. The van der Waals surface area contributed by atoms with Crippen LogP contribution >= 0.6 is 0 Å². The first-order valence-corrected chi connectivity index (χ1v) is 12.9. The highest BCUT2D eigenvalue weighted by molar-refractivity contribution is 6.74. The Kier molecular flexibility index (Phi) is 6.76. The minimum atomic E-state index is -2.08. The molecule has 4 atom stereocenters. The number of hydrogen-bond acceptors (Lipinski definition) is 5. The number of rotatable bonds is 6. The molecule has 2 rings (SSSR count). The maximum Gasteiger partial charge on any atom is 0.410 e. The Balaban J connectivity index is 2.19. The number of piperidine rings is 1. The molecule has 0 bridgehead atoms. The summed E-state index contributed by atoms with van der Waals surface area (Å²) in [5.74, 6) is -0.638. The fraction of sp³-hybridized carbons (Fsp3) is 0.750. The van der Waals surface area contributed by atoms with Gasteiger partial charge in [-0.3, -0.25) is 14.5 Å². The van der Waals surface area contributed by atoms with Gasteiger partial charge in [-0.2, -0.15) is 0 Å². The van der Waals surface area contributed by atoms with Crippen LogP contribution in [0.5, 0.6) is 0 Å². The Morgan fingerprint density at radius 3 is 2.57 bits per heavy atom. The van der Waals surface area contributed by atoms with Crippen LogP contribution in [0.2, 0.25) is 18.1 Å². The summed E-state index contributed by atoms with van der Waals surface area (Å²) in [6.45, 7) is 16.7. The molecule has 2 heterocycles. The molecule has 2 fully saturated rings. The van der Waals surface area contributed by atoms with Crippen molar-refractivity contribution >= 4 is 26.1 Å². The number of nitrogens with zero attached hydrogens (tertiary/aromatic N) is 1. The monoisotopic (exact) mass is 410 g/mol. The molecule has 0 aliphatic carbocycles. The third-order valence-corrected chi connectivity index (χ3v) is 10.8. The SMILES string of the molecule is C=CCOC(=O)N1CCCC(=O)[C@@H]1[C@H]1NC(=O)[C@@H]1[C@@H](C)O[Si](C)(C)C(C)(C)C. The molecule has 7 nitrogen and oxygen atoms in total. The Labute approximate surface area is 168 Å². The van der Waals surface area contributed by atoms with Crippen molar-refractivity contribution < 1.29 is 23.5 Å². The molecule has 158 valence electrons. The van der Waals surface area contributed by atoms with Gasteiger partial charge in [0.05, 0.1) is 18.1 Å². The van der Waals surface area contributed by atoms with E-state index in [4.69, 9.17) is 9.16 Å². The van der Waals surface area contributed by atoms with Crippen LogP contribution in [0.1, 0.15) is 40.5 Å². The van der Waals surface area contributed by atoms with E-state index in [9.17, 15) is 14.4 Å². The molecule has 1 N–H and O–H groups in total. The van der Waals surface area contributed by atoms with Gasteiger partial charge in [-0.1, -0.05) is 33.4 Å². The molecule has 0 aromatic carbocycles. The van der Waals surface area contributed by atoms with E-state index in [1.54, 1.807) is 0 Å². The molecule has 0 unspecified atom stereocenters. The molecule has 2 saturated heterocycles. The topological polar surface area (TPSA) is 84.9 Å². The number of likely N-dealkylation sites (tertiary alicyclic amines) is 1. The van der Waals surface area contributed by atoms with Crippen molar-refractivity contribution in [2.45, 2.75) is 76.9 Å². The molecule has 8 heteroatoms. The summed E-state index contributed by atoms with van der Waals surface area (Å²) in [7, 11) is -2.08. The van der Waals surface area contributed by atoms with Gasteiger partial charge >= 0.3 is 6.09 Å². The third kappa shape index (κ3) is 4.49. The normalized spacial score (nSPS) is 26.9. The standard InChI is InChI=1S/C20H34N2O5Si/c1-8-12-26-19(25)22-11-9-10-14(23)17(22)16-15(18(24)21-16)13(2)27-28(6,7)20(3,4)5/h8,13,15-17H,1,9-12H2,2-7H3,(H,21,24)/t13-,15-,16+,17-/m1/s1. The lowest BCUT2D eigenvalue weighted by Crippen LogP contribution is -2.73. The fourth-order valence-corrected chi connectivity index (χ4v) is 5.04. The second-order valence-electron chi connectivity index (χ2n) is 9.22. The average Bonchev–Trinajstić information content (AvgIpc) is 2.56. The number of nitrogens with one attached hydrogen (secondary N) is 1. The highest BCUT2D eigenvalue weighted by atomic mass is 28.4. The predicted molar refractivity (Wildman–Crippen MR) is 109 cm³/mol. The van der Waals surface area contributed by atoms with Gasteiger partial charge in [0.25, 0.3) is 0 Å².